The molecule has 0 aliphatic carbocycles. The van der Waals surface area contributed by atoms with E-state index in [1.807, 2.05) is 0 Å². The highest BCUT2D eigenvalue weighted by Gasteiger charge is 2.11. The number of hydrazine groups is 1. The lowest BCUT2D eigenvalue weighted by Gasteiger charge is -2.05. The number of anilines is 1. The van der Waals surface area contributed by atoms with Gasteiger partial charge in [-0.2, -0.15) is 4.98 Å². The zero-order valence-corrected chi connectivity index (χ0v) is 10.7. The molecule has 1 amide bonds. The maximum absolute atomic E-state index is 11.8. The molecule has 0 atom stereocenters. The third-order valence-electron chi connectivity index (χ3n) is 2.21. The molecule has 9 heteroatoms. The molecule has 2 aromatic heterocycles. The first-order chi connectivity index (χ1) is 9.10. The van der Waals surface area contributed by atoms with Gasteiger partial charge in [0.05, 0.1) is 17.1 Å². The van der Waals surface area contributed by atoms with Crippen LogP contribution in [0.25, 0.3) is 0 Å². The number of carbonyl (C=O) groups excluding carboxylic acids is 1. The Bertz CT molecular complexity index is 599. The van der Waals surface area contributed by atoms with Gasteiger partial charge in [-0.25, -0.2) is 10.8 Å². The second kappa shape index (κ2) is 5.63. The summed E-state index contributed by atoms with van der Waals surface area (Å²) in [6, 6.07) is 1.46. The predicted molar refractivity (Wildman–Crippen MR) is 67.3 cm³/mol. The lowest BCUT2D eigenvalue weighted by Crippen LogP contribution is -2.23. The minimum Gasteiger partial charge on any atom is -0.343 e. The van der Waals surface area contributed by atoms with E-state index < -0.39 is 0 Å². The minimum atomic E-state index is -0.353. The van der Waals surface area contributed by atoms with Crippen LogP contribution >= 0.6 is 11.6 Å². The van der Waals surface area contributed by atoms with Crippen LogP contribution in [0.1, 0.15) is 22.1 Å². The number of nitrogen functional groups attached to an aromatic ring is 1. The Morgan fingerprint density at radius 2 is 2.37 bits per heavy atom. The fourth-order valence-corrected chi connectivity index (χ4v) is 1.56. The van der Waals surface area contributed by atoms with Crippen molar-refractivity contribution in [2.45, 2.75) is 13.5 Å². The summed E-state index contributed by atoms with van der Waals surface area (Å²) in [6.07, 6.45) is 1.36. The lowest BCUT2D eigenvalue weighted by molar-refractivity contribution is 0.0946. The highest BCUT2D eigenvalue weighted by molar-refractivity contribution is 6.33. The Kier molecular flexibility index (Phi) is 3.93. The van der Waals surface area contributed by atoms with Crippen LogP contribution in [-0.2, 0) is 6.54 Å². The Morgan fingerprint density at radius 1 is 1.58 bits per heavy atom. The number of nitrogens with zero attached hydrogens (tertiary/aromatic N) is 3. The van der Waals surface area contributed by atoms with Gasteiger partial charge in [0.25, 0.3) is 5.91 Å². The highest BCUT2D eigenvalue weighted by atomic mass is 35.5. The van der Waals surface area contributed by atoms with Gasteiger partial charge < -0.3 is 15.3 Å². The summed E-state index contributed by atoms with van der Waals surface area (Å²) in [5, 5.41) is 6.47. The van der Waals surface area contributed by atoms with Gasteiger partial charge in [0.1, 0.15) is 0 Å². The number of amides is 1. The van der Waals surface area contributed by atoms with Crippen LogP contribution in [0.4, 0.5) is 5.82 Å². The number of aryl methyl sites for hydroxylation is 1. The van der Waals surface area contributed by atoms with Gasteiger partial charge in [-0.3, -0.25) is 4.79 Å². The molecule has 0 aliphatic heterocycles. The number of nitrogens with one attached hydrogen (secondary N) is 2. The molecule has 0 saturated carbocycles. The molecular weight excluding hydrogens is 272 g/mol. The molecule has 0 saturated heterocycles. The van der Waals surface area contributed by atoms with Crippen LogP contribution in [0.2, 0.25) is 5.02 Å². The summed E-state index contributed by atoms with van der Waals surface area (Å²) < 4.78 is 4.87. The van der Waals surface area contributed by atoms with Crippen molar-refractivity contribution in [1.29, 1.82) is 0 Å². The summed E-state index contributed by atoms with van der Waals surface area (Å²) in [6.45, 7) is 1.82. The summed E-state index contributed by atoms with van der Waals surface area (Å²) in [5.41, 5.74) is 2.62. The third-order valence-corrected chi connectivity index (χ3v) is 2.50. The van der Waals surface area contributed by atoms with Gasteiger partial charge in [0.15, 0.2) is 11.6 Å². The molecule has 2 aromatic rings. The SMILES string of the molecule is Cc1noc(CNC(=O)c2cnc(NN)c(Cl)c2)n1. The topological polar surface area (TPSA) is 119 Å². The second-order valence-electron chi connectivity index (χ2n) is 3.62. The molecule has 0 unspecified atom stereocenters. The molecule has 2 heterocycles. The van der Waals surface area contributed by atoms with E-state index in [9.17, 15) is 4.79 Å². The number of carbonyl (C=O) groups is 1. The quantitative estimate of drug-likeness (QED) is 0.556. The Hall–Kier alpha value is -2.19. The van der Waals surface area contributed by atoms with Gasteiger partial charge in [0.2, 0.25) is 5.89 Å². The van der Waals surface area contributed by atoms with E-state index in [-0.39, 0.29) is 17.5 Å². The van der Waals surface area contributed by atoms with Gasteiger partial charge in [-0.1, -0.05) is 16.8 Å². The molecule has 100 valence electrons. The third kappa shape index (κ3) is 3.18. The fourth-order valence-electron chi connectivity index (χ4n) is 1.34. The largest absolute Gasteiger partial charge is 0.343 e. The average molecular weight is 283 g/mol. The van der Waals surface area contributed by atoms with E-state index in [0.717, 1.165) is 0 Å². The Balaban J connectivity index is 2.01. The lowest BCUT2D eigenvalue weighted by atomic mass is 10.2. The van der Waals surface area contributed by atoms with E-state index in [1.165, 1.54) is 12.3 Å². The summed E-state index contributed by atoms with van der Waals surface area (Å²) in [7, 11) is 0. The van der Waals surface area contributed by atoms with Crippen LogP contribution in [0.3, 0.4) is 0 Å². The monoisotopic (exact) mass is 282 g/mol. The number of halogens is 1. The van der Waals surface area contributed by atoms with Gasteiger partial charge in [-0.15, -0.1) is 0 Å². The average Bonchev–Trinajstić information content (AvgIpc) is 2.81. The van der Waals surface area contributed by atoms with Gasteiger partial charge in [-0.05, 0) is 13.0 Å². The molecule has 4 N–H and O–H groups in total. The minimum absolute atomic E-state index is 0.133. The molecule has 0 radical (unpaired) electrons. The first-order valence-electron chi connectivity index (χ1n) is 5.29. The van der Waals surface area contributed by atoms with E-state index in [2.05, 4.69) is 25.9 Å². The second-order valence-corrected chi connectivity index (χ2v) is 4.02. The van der Waals surface area contributed by atoms with Crippen molar-refractivity contribution >= 4 is 23.3 Å². The van der Waals surface area contributed by atoms with Crippen molar-refractivity contribution in [3.8, 4) is 0 Å². The van der Waals surface area contributed by atoms with Gasteiger partial charge >= 0.3 is 0 Å². The van der Waals surface area contributed by atoms with Crippen molar-refractivity contribution in [3.05, 3.63) is 34.6 Å². The van der Waals surface area contributed by atoms with E-state index in [0.29, 0.717) is 23.1 Å². The zero-order chi connectivity index (χ0) is 13.8. The number of rotatable bonds is 4. The first kappa shape index (κ1) is 13.2. The molecule has 0 fully saturated rings. The van der Waals surface area contributed by atoms with Crippen LogP contribution < -0.4 is 16.6 Å². The number of hydrogen-bond donors (Lipinski definition) is 3. The standard InChI is InChI=1S/C10H11ClN6O2/c1-5-15-8(19-17-5)4-14-10(18)6-2-7(11)9(16-12)13-3-6/h2-3H,4,12H2,1H3,(H,13,16)(H,14,18). The molecule has 0 spiro atoms. The number of pyridine rings is 1. The maximum atomic E-state index is 11.8. The molecular formula is C10H11ClN6O2. The molecule has 0 aliphatic rings. The van der Waals surface area contributed by atoms with Crippen molar-refractivity contribution < 1.29 is 9.32 Å². The van der Waals surface area contributed by atoms with E-state index in [4.69, 9.17) is 22.0 Å². The highest BCUT2D eigenvalue weighted by Crippen LogP contribution is 2.18. The number of nitrogens with two attached hydrogens (primary N) is 1. The maximum Gasteiger partial charge on any atom is 0.253 e. The summed E-state index contributed by atoms with van der Waals surface area (Å²) in [4.78, 5) is 19.7. The fraction of sp³-hybridized carbons (Fsp3) is 0.200. The molecule has 0 aromatic carbocycles. The molecule has 0 bridgehead atoms. The van der Waals surface area contributed by atoms with Crippen LogP contribution in [0.15, 0.2) is 16.8 Å². The zero-order valence-electron chi connectivity index (χ0n) is 9.98. The number of aromatic nitrogens is 3. The first-order valence-corrected chi connectivity index (χ1v) is 5.67. The van der Waals surface area contributed by atoms with E-state index in [1.54, 1.807) is 6.92 Å². The van der Waals surface area contributed by atoms with Gasteiger partial charge in [0, 0.05) is 6.20 Å². The molecule has 8 nitrogen and oxygen atoms in total. The van der Waals surface area contributed by atoms with Crippen molar-refractivity contribution in [3.63, 3.8) is 0 Å². The summed E-state index contributed by atoms with van der Waals surface area (Å²) >= 11 is 5.87. The predicted octanol–water partition coefficient (Wildman–Crippen LogP) is 0.642. The van der Waals surface area contributed by atoms with Crippen LogP contribution in [0, 0.1) is 6.92 Å². The van der Waals surface area contributed by atoms with Crippen LogP contribution in [0.5, 0.6) is 0 Å². The normalized spacial score (nSPS) is 10.3. The van der Waals surface area contributed by atoms with E-state index >= 15 is 0 Å². The molecule has 2 rings (SSSR count). The molecule has 19 heavy (non-hydrogen) atoms. The van der Waals surface area contributed by atoms with Crippen LogP contribution in [-0.4, -0.2) is 21.0 Å². The Labute approximate surface area is 113 Å². The Morgan fingerprint density at radius 3 is 2.95 bits per heavy atom. The van der Waals surface area contributed by atoms with Crippen molar-refractivity contribution in [2.75, 3.05) is 5.43 Å². The smallest absolute Gasteiger partial charge is 0.253 e. The van der Waals surface area contributed by atoms with Crippen molar-refractivity contribution in [1.82, 2.24) is 20.4 Å². The number of hydrogen-bond acceptors (Lipinski definition) is 7. The van der Waals surface area contributed by atoms with Crippen molar-refractivity contribution in [2.24, 2.45) is 5.84 Å². The summed E-state index contributed by atoms with van der Waals surface area (Å²) in [5.74, 6) is 5.96.